The first-order chi connectivity index (χ1) is 17.3. The van der Waals surface area contributed by atoms with Crippen molar-refractivity contribution >= 4 is 26.8 Å². The first-order valence-electron chi connectivity index (χ1n) is 12.5. The molecule has 0 radical (unpaired) electrons. The summed E-state index contributed by atoms with van der Waals surface area (Å²) in [4.78, 5) is 17.6. The van der Waals surface area contributed by atoms with E-state index in [-0.39, 0.29) is 18.3 Å². The van der Waals surface area contributed by atoms with Gasteiger partial charge in [-0.15, -0.1) is 0 Å². The maximum absolute atomic E-state index is 12.8. The maximum atomic E-state index is 12.8. The molecule has 0 spiro atoms. The molecule has 0 atom stereocenters. The van der Waals surface area contributed by atoms with E-state index in [0.29, 0.717) is 25.3 Å². The Morgan fingerprint density at radius 2 is 1.83 bits per heavy atom. The molecule has 3 aromatic rings. The smallest absolute Gasteiger partial charge is 0.250 e. The van der Waals surface area contributed by atoms with Crippen molar-refractivity contribution in [2.24, 2.45) is 5.73 Å². The number of hydrogen-bond acceptors (Lipinski definition) is 5. The van der Waals surface area contributed by atoms with Crippen LogP contribution in [0, 0.1) is 0 Å². The van der Waals surface area contributed by atoms with Gasteiger partial charge in [-0.05, 0) is 74.6 Å². The largest absolute Gasteiger partial charge is 0.380 e. The van der Waals surface area contributed by atoms with Gasteiger partial charge in [-0.1, -0.05) is 30.3 Å². The first kappa shape index (κ1) is 26.3. The number of fused-ring (bicyclic) bond motifs is 1. The number of aromatic nitrogens is 1. The van der Waals surface area contributed by atoms with E-state index in [1.54, 1.807) is 4.31 Å². The molecule has 2 heterocycles. The average molecular weight is 513 g/mol. The van der Waals surface area contributed by atoms with E-state index in [4.69, 9.17) is 10.5 Å². The fourth-order valence-corrected chi connectivity index (χ4v) is 6.26. The molecule has 1 aromatic heterocycles. The molecule has 9 heteroatoms. The molecule has 1 aliphatic heterocycles. The number of sulfonamides is 1. The number of primary amides is 1. The number of amides is 1. The summed E-state index contributed by atoms with van der Waals surface area (Å²) in [6.07, 6.45) is 4.27. The molecule has 1 fully saturated rings. The molecule has 0 bridgehead atoms. The van der Waals surface area contributed by atoms with Gasteiger partial charge in [0.1, 0.15) is 0 Å². The lowest BCUT2D eigenvalue weighted by Crippen LogP contribution is -2.40. The number of carbonyl (C=O) groups is 1. The molecule has 1 amide bonds. The number of aromatic amines is 1. The molecule has 2 aromatic carbocycles. The summed E-state index contributed by atoms with van der Waals surface area (Å²) in [6, 6.07) is 13.8. The monoisotopic (exact) mass is 512 g/mol. The molecule has 4 rings (SSSR count). The van der Waals surface area contributed by atoms with Crippen LogP contribution < -0.4 is 5.73 Å². The molecule has 1 saturated heterocycles. The zero-order valence-electron chi connectivity index (χ0n) is 21.1. The molecule has 0 unspecified atom stereocenters. The Kier molecular flexibility index (Phi) is 8.46. The normalized spacial score (nSPS) is 15.6. The van der Waals surface area contributed by atoms with Crippen LogP contribution in [0.4, 0.5) is 0 Å². The van der Waals surface area contributed by atoms with Crippen LogP contribution in [-0.2, 0) is 14.8 Å². The summed E-state index contributed by atoms with van der Waals surface area (Å²) in [5, 5.41) is 0.970. The highest BCUT2D eigenvalue weighted by molar-refractivity contribution is 7.89. The fourth-order valence-electron chi connectivity index (χ4n) is 4.91. The number of nitrogens with two attached hydrogens (primary N) is 1. The summed E-state index contributed by atoms with van der Waals surface area (Å²) in [7, 11) is 0.653. The Bertz CT molecular complexity index is 1280. The number of hydrogen-bond donors (Lipinski definition) is 2. The van der Waals surface area contributed by atoms with Gasteiger partial charge in [0.15, 0.2) is 0 Å². The standard InChI is InChI=1S/C27H36N4O4S/c1-30(2)11-6-14-35-15-16-36(33,34)31-12-9-21(10-13-31)25-19-29-26-23(25)17-22(18-24(26)27(28)32)20-7-4-3-5-8-20/h3-5,7-8,17-19,21,29H,6,9-16H2,1-2H3,(H2,28,32). The molecule has 0 saturated carbocycles. The van der Waals surface area contributed by atoms with Crippen LogP contribution in [0.3, 0.4) is 0 Å². The van der Waals surface area contributed by atoms with E-state index in [2.05, 4.69) is 16.0 Å². The van der Waals surface area contributed by atoms with E-state index >= 15 is 0 Å². The van der Waals surface area contributed by atoms with Gasteiger partial charge in [0.25, 0.3) is 5.91 Å². The second-order valence-electron chi connectivity index (χ2n) is 9.68. The SMILES string of the molecule is CN(C)CCCOCCS(=O)(=O)N1CCC(c2c[nH]c3c(C(N)=O)cc(-c4ccccc4)cc23)CC1. The van der Waals surface area contributed by atoms with Gasteiger partial charge in [0.05, 0.1) is 23.4 Å². The van der Waals surface area contributed by atoms with Gasteiger partial charge in [0.2, 0.25) is 10.0 Å². The highest BCUT2D eigenvalue weighted by Gasteiger charge is 2.30. The van der Waals surface area contributed by atoms with Crippen molar-refractivity contribution in [1.82, 2.24) is 14.2 Å². The Morgan fingerprint density at radius 3 is 2.50 bits per heavy atom. The van der Waals surface area contributed by atoms with Gasteiger partial charge >= 0.3 is 0 Å². The van der Waals surface area contributed by atoms with Crippen molar-refractivity contribution in [3.05, 3.63) is 59.8 Å². The van der Waals surface area contributed by atoms with Crippen LogP contribution in [0.5, 0.6) is 0 Å². The second kappa shape index (κ2) is 11.6. The number of benzene rings is 2. The van der Waals surface area contributed by atoms with Crippen molar-refractivity contribution < 1.29 is 17.9 Å². The van der Waals surface area contributed by atoms with E-state index < -0.39 is 15.9 Å². The highest BCUT2D eigenvalue weighted by atomic mass is 32.2. The third-order valence-corrected chi connectivity index (χ3v) is 8.70. The first-order valence-corrected chi connectivity index (χ1v) is 14.1. The van der Waals surface area contributed by atoms with Crippen molar-refractivity contribution in [3.8, 4) is 11.1 Å². The molecule has 3 N–H and O–H groups in total. The van der Waals surface area contributed by atoms with Crippen LogP contribution in [0.2, 0.25) is 0 Å². The molecule has 8 nitrogen and oxygen atoms in total. The minimum absolute atomic E-state index is 0.00905. The third kappa shape index (κ3) is 6.15. The minimum atomic E-state index is -3.35. The lowest BCUT2D eigenvalue weighted by atomic mass is 9.88. The van der Waals surface area contributed by atoms with Crippen molar-refractivity contribution in [1.29, 1.82) is 0 Å². The number of H-pyrrole nitrogens is 1. The van der Waals surface area contributed by atoms with Gasteiger partial charge in [-0.3, -0.25) is 4.79 Å². The fraction of sp³-hybridized carbons (Fsp3) is 0.444. The van der Waals surface area contributed by atoms with Gasteiger partial charge in [0, 0.05) is 31.3 Å². The predicted octanol–water partition coefficient (Wildman–Crippen LogP) is 3.41. The summed E-state index contributed by atoms with van der Waals surface area (Å²) in [5.74, 6) is -0.273. The van der Waals surface area contributed by atoms with Crippen molar-refractivity contribution in [2.75, 3.05) is 52.7 Å². The van der Waals surface area contributed by atoms with Crippen molar-refractivity contribution in [2.45, 2.75) is 25.2 Å². The van der Waals surface area contributed by atoms with Crippen LogP contribution in [-0.4, -0.2) is 81.2 Å². The molecular weight excluding hydrogens is 476 g/mol. The molecule has 1 aliphatic rings. The van der Waals surface area contributed by atoms with E-state index in [1.165, 1.54) is 0 Å². The lowest BCUT2D eigenvalue weighted by Gasteiger charge is -2.31. The number of nitrogens with zero attached hydrogens (tertiary/aromatic N) is 2. The van der Waals surface area contributed by atoms with Crippen LogP contribution in [0.15, 0.2) is 48.7 Å². The zero-order valence-corrected chi connectivity index (χ0v) is 21.9. The summed E-state index contributed by atoms with van der Waals surface area (Å²) in [6.45, 7) is 2.65. The molecule has 194 valence electrons. The van der Waals surface area contributed by atoms with Gasteiger partial charge in [-0.25, -0.2) is 12.7 Å². The Labute approximate surface area is 213 Å². The molecule has 36 heavy (non-hydrogen) atoms. The second-order valence-corrected chi connectivity index (χ2v) is 11.8. The van der Waals surface area contributed by atoms with Crippen molar-refractivity contribution in [3.63, 3.8) is 0 Å². The summed E-state index contributed by atoms with van der Waals surface area (Å²) >= 11 is 0. The number of rotatable bonds is 11. The van der Waals surface area contributed by atoms with Gasteiger partial charge in [-0.2, -0.15) is 0 Å². The van der Waals surface area contributed by atoms with Gasteiger partial charge < -0.3 is 20.4 Å². The maximum Gasteiger partial charge on any atom is 0.250 e. The molecular formula is C27H36N4O4S. The number of carbonyl (C=O) groups excluding carboxylic acids is 1. The number of ether oxygens (including phenoxy) is 1. The minimum Gasteiger partial charge on any atom is -0.380 e. The average Bonchev–Trinajstić information content (AvgIpc) is 3.30. The Morgan fingerprint density at radius 1 is 1.11 bits per heavy atom. The van der Waals surface area contributed by atoms with E-state index in [0.717, 1.165) is 53.4 Å². The zero-order chi connectivity index (χ0) is 25.7. The summed E-state index contributed by atoms with van der Waals surface area (Å²) in [5.41, 5.74) is 9.96. The highest BCUT2D eigenvalue weighted by Crippen LogP contribution is 2.37. The topological polar surface area (TPSA) is 109 Å². The third-order valence-electron chi connectivity index (χ3n) is 6.86. The molecule has 0 aliphatic carbocycles. The lowest BCUT2D eigenvalue weighted by molar-refractivity contribution is 0.100. The predicted molar refractivity (Wildman–Crippen MR) is 144 cm³/mol. The van der Waals surface area contributed by atoms with Crippen LogP contribution in [0.1, 0.15) is 41.1 Å². The number of piperidine rings is 1. The summed E-state index contributed by atoms with van der Waals surface area (Å²) < 4.78 is 32.8. The van der Waals surface area contributed by atoms with E-state index in [9.17, 15) is 13.2 Å². The van der Waals surface area contributed by atoms with Crippen LogP contribution in [0.25, 0.3) is 22.0 Å². The number of nitrogens with one attached hydrogen (secondary N) is 1. The Balaban J connectivity index is 1.44. The van der Waals surface area contributed by atoms with Crippen LogP contribution >= 0.6 is 0 Å². The Hall–Kier alpha value is -2.72. The van der Waals surface area contributed by atoms with E-state index in [1.807, 2.05) is 56.7 Å². The quantitative estimate of drug-likeness (QED) is 0.383.